The van der Waals surface area contributed by atoms with Crippen LogP contribution in [0.25, 0.3) is 0 Å². The van der Waals surface area contributed by atoms with E-state index in [-0.39, 0.29) is 12.0 Å². The average Bonchev–Trinajstić information content (AvgIpc) is 2.75. The molecule has 0 radical (unpaired) electrons. The predicted molar refractivity (Wildman–Crippen MR) is 62.3 cm³/mol. The first kappa shape index (κ1) is 11.7. The van der Waals surface area contributed by atoms with E-state index in [1.165, 1.54) is 0 Å². The molecule has 1 aromatic heterocycles. The van der Waals surface area contributed by atoms with Gasteiger partial charge in [0.05, 0.1) is 6.10 Å². The number of halogens is 1. The summed E-state index contributed by atoms with van der Waals surface area (Å²) >= 11 is 3.19. The van der Waals surface area contributed by atoms with Gasteiger partial charge >= 0.3 is 0 Å². The molecule has 0 atom stereocenters. The first-order valence-corrected chi connectivity index (χ1v) is 6.07. The zero-order valence-corrected chi connectivity index (χ0v) is 10.7. The second kappa shape index (κ2) is 5.01. The summed E-state index contributed by atoms with van der Waals surface area (Å²) in [5.74, 6) is 0.350. The van der Waals surface area contributed by atoms with E-state index in [0.29, 0.717) is 10.4 Å². The molecule has 0 saturated carbocycles. The Bertz CT molecular complexity index is 369. The number of likely N-dealkylation sites (tertiary alicyclic amines) is 1. The Hall–Kier alpha value is -0.810. The fraction of sp³-hybridized carbons (Fsp3) is 0.545. The largest absolute Gasteiger partial charge is 0.444 e. The molecule has 0 spiro atoms. The van der Waals surface area contributed by atoms with E-state index in [9.17, 15) is 4.79 Å². The molecule has 1 aromatic rings. The van der Waals surface area contributed by atoms with Crippen LogP contribution in [0, 0.1) is 0 Å². The standard InChI is InChI=1S/C11H14BrNO3/c1-15-8-4-6-13(7-5-8)11(14)9-2-3-10(12)16-9/h2-3,8H,4-7H2,1H3. The van der Waals surface area contributed by atoms with E-state index < -0.39 is 0 Å². The Morgan fingerprint density at radius 2 is 2.19 bits per heavy atom. The number of hydrogen-bond donors (Lipinski definition) is 0. The topological polar surface area (TPSA) is 42.7 Å². The van der Waals surface area contributed by atoms with Crippen LogP contribution in [-0.2, 0) is 4.74 Å². The van der Waals surface area contributed by atoms with E-state index in [1.54, 1.807) is 24.1 Å². The van der Waals surface area contributed by atoms with Gasteiger partial charge in [-0.25, -0.2) is 0 Å². The number of nitrogens with zero attached hydrogens (tertiary/aromatic N) is 1. The van der Waals surface area contributed by atoms with Gasteiger partial charge in [-0.05, 0) is 40.9 Å². The van der Waals surface area contributed by atoms with Gasteiger partial charge in [0.25, 0.3) is 5.91 Å². The lowest BCUT2D eigenvalue weighted by molar-refractivity contribution is 0.0334. The first-order chi connectivity index (χ1) is 7.70. The van der Waals surface area contributed by atoms with Crippen molar-refractivity contribution in [2.45, 2.75) is 18.9 Å². The first-order valence-electron chi connectivity index (χ1n) is 5.28. The number of carbonyl (C=O) groups is 1. The van der Waals surface area contributed by atoms with E-state index >= 15 is 0 Å². The van der Waals surface area contributed by atoms with E-state index in [0.717, 1.165) is 25.9 Å². The van der Waals surface area contributed by atoms with Gasteiger partial charge in [-0.1, -0.05) is 0 Å². The van der Waals surface area contributed by atoms with Crippen LogP contribution >= 0.6 is 15.9 Å². The van der Waals surface area contributed by atoms with Crippen LogP contribution in [0.5, 0.6) is 0 Å². The van der Waals surface area contributed by atoms with Crippen LogP contribution < -0.4 is 0 Å². The summed E-state index contributed by atoms with van der Waals surface area (Å²) in [6, 6.07) is 3.42. The van der Waals surface area contributed by atoms with Gasteiger partial charge in [0.15, 0.2) is 10.4 Å². The number of amides is 1. The summed E-state index contributed by atoms with van der Waals surface area (Å²) in [5.41, 5.74) is 0. The smallest absolute Gasteiger partial charge is 0.289 e. The lowest BCUT2D eigenvalue weighted by atomic mass is 10.1. The van der Waals surface area contributed by atoms with Crippen LogP contribution in [0.15, 0.2) is 21.2 Å². The Morgan fingerprint density at radius 3 is 2.69 bits per heavy atom. The van der Waals surface area contributed by atoms with Crippen LogP contribution in [0.1, 0.15) is 23.4 Å². The van der Waals surface area contributed by atoms with Crippen molar-refractivity contribution in [2.75, 3.05) is 20.2 Å². The molecule has 5 heteroatoms. The molecule has 1 saturated heterocycles. The van der Waals surface area contributed by atoms with Gasteiger partial charge in [0, 0.05) is 20.2 Å². The maximum atomic E-state index is 12.0. The molecule has 0 unspecified atom stereocenters. The van der Waals surface area contributed by atoms with Crippen molar-refractivity contribution in [3.8, 4) is 0 Å². The molecule has 1 fully saturated rings. The van der Waals surface area contributed by atoms with Crippen molar-refractivity contribution in [1.29, 1.82) is 0 Å². The van der Waals surface area contributed by atoms with Crippen molar-refractivity contribution in [2.24, 2.45) is 0 Å². The van der Waals surface area contributed by atoms with Crippen molar-refractivity contribution >= 4 is 21.8 Å². The minimum Gasteiger partial charge on any atom is -0.444 e. The lowest BCUT2D eigenvalue weighted by Gasteiger charge is -2.30. The minimum atomic E-state index is -0.0414. The maximum Gasteiger partial charge on any atom is 0.289 e. The SMILES string of the molecule is COC1CCN(C(=O)c2ccc(Br)o2)CC1. The summed E-state index contributed by atoms with van der Waals surface area (Å²) in [5, 5.41) is 0. The molecule has 4 nitrogen and oxygen atoms in total. The molecule has 0 bridgehead atoms. The van der Waals surface area contributed by atoms with Gasteiger partial charge in [0.2, 0.25) is 0 Å². The second-order valence-corrected chi connectivity index (χ2v) is 4.61. The molecule has 1 amide bonds. The molecular formula is C11H14BrNO3. The Kier molecular flexibility index (Phi) is 3.66. The van der Waals surface area contributed by atoms with Gasteiger partial charge in [-0.2, -0.15) is 0 Å². The highest BCUT2D eigenvalue weighted by Crippen LogP contribution is 2.19. The van der Waals surface area contributed by atoms with Crippen molar-refractivity contribution in [1.82, 2.24) is 4.90 Å². The third kappa shape index (κ3) is 2.47. The van der Waals surface area contributed by atoms with Crippen molar-refractivity contribution in [3.05, 3.63) is 22.6 Å². The highest BCUT2D eigenvalue weighted by Gasteiger charge is 2.24. The fourth-order valence-electron chi connectivity index (χ4n) is 1.88. The number of rotatable bonds is 2. The lowest BCUT2D eigenvalue weighted by Crippen LogP contribution is -2.40. The average molecular weight is 288 g/mol. The van der Waals surface area contributed by atoms with Crippen LogP contribution in [0.4, 0.5) is 0 Å². The summed E-state index contributed by atoms with van der Waals surface area (Å²) in [4.78, 5) is 13.8. The monoisotopic (exact) mass is 287 g/mol. The van der Waals surface area contributed by atoms with Crippen molar-refractivity contribution < 1.29 is 13.9 Å². The molecule has 1 aliphatic rings. The van der Waals surface area contributed by atoms with Gasteiger partial charge in [0.1, 0.15) is 0 Å². The summed E-state index contributed by atoms with van der Waals surface area (Å²) in [7, 11) is 1.71. The second-order valence-electron chi connectivity index (χ2n) is 3.83. The molecule has 0 aliphatic carbocycles. The quantitative estimate of drug-likeness (QED) is 0.838. The molecular weight excluding hydrogens is 274 g/mol. The minimum absolute atomic E-state index is 0.0414. The van der Waals surface area contributed by atoms with Crippen molar-refractivity contribution in [3.63, 3.8) is 0 Å². The Morgan fingerprint density at radius 1 is 1.50 bits per heavy atom. The predicted octanol–water partition coefficient (Wildman–Crippen LogP) is 2.29. The maximum absolute atomic E-state index is 12.0. The van der Waals surface area contributed by atoms with Crippen LogP contribution in [0.2, 0.25) is 0 Å². The third-order valence-electron chi connectivity index (χ3n) is 2.85. The van der Waals surface area contributed by atoms with Gasteiger partial charge in [-0.3, -0.25) is 4.79 Å². The third-order valence-corrected chi connectivity index (χ3v) is 3.27. The van der Waals surface area contributed by atoms with Crippen LogP contribution in [-0.4, -0.2) is 37.1 Å². The fourth-order valence-corrected chi connectivity index (χ4v) is 2.19. The zero-order valence-electron chi connectivity index (χ0n) is 9.11. The number of hydrogen-bond acceptors (Lipinski definition) is 3. The van der Waals surface area contributed by atoms with Gasteiger partial charge < -0.3 is 14.1 Å². The summed E-state index contributed by atoms with van der Waals surface area (Å²) in [6.07, 6.45) is 2.07. The molecule has 1 aliphatic heterocycles. The molecule has 16 heavy (non-hydrogen) atoms. The molecule has 2 rings (SSSR count). The summed E-state index contributed by atoms with van der Waals surface area (Å²) < 4.78 is 11.1. The Labute approximate surface area is 103 Å². The normalized spacial score (nSPS) is 17.8. The number of methoxy groups -OCH3 is 1. The number of ether oxygens (including phenoxy) is 1. The molecule has 0 aromatic carbocycles. The molecule has 88 valence electrons. The van der Waals surface area contributed by atoms with E-state index in [1.807, 2.05) is 0 Å². The highest BCUT2D eigenvalue weighted by atomic mass is 79.9. The van der Waals surface area contributed by atoms with Crippen LogP contribution in [0.3, 0.4) is 0 Å². The Balaban J connectivity index is 1.96. The summed E-state index contributed by atoms with van der Waals surface area (Å²) in [6.45, 7) is 1.46. The van der Waals surface area contributed by atoms with E-state index in [2.05, 4.69) is 15.9 Å². The molecule has 2 heterocycles. The number of carbonyl (C=O) groups excluding carboxylic acids is 1. The zero-order chi connectivity index (χ0) is 11.5. The number of furan rings is 1. The molecule has 0 N–H and O–H groups in total. The van der Waals surface area contributed by atoms with Gasteiger partial charge in [-0.15, -0.1) is 0 Å². The van der Waals surface area contributed by atoms with E-state index in [4.69, 9.17) is 9.15 Å². The highest BCUT2D eigenvalue weighted by molar-refractivity contribution is 9.10. The number of piperidine rings is 1.